The Morgan fingerprint density at radius 2 is 1.80 bits per heavy atom. The summed E-state index contributed by atoms with van der Waals surface area (Å²) in [6.45, 7) is 11.2. The van der Waals surface area contributed by atoms with Gasteiger partial charge in [-0.25, -0.2) is 0 Å². The van der Waals surface area contributed by atoms with Crippen LogP contribution in [0.4, 0.5) is 0 Å². The smallest absolute Gasteiger partial charge is 0.240 e. The van der Waals surface area contributed by atoms with Gasteiger partial charge in [0, 0.05) is 13.0 Å². The van der Waals surface area contributed by atoms with Crippen molar-refractivity contribution in [2.24, 2.45) is 5.73 Å². The van der Waals surface area contributed by atoms with Gasteiger partial charge in [-0.15, -0.1) is 0 Å². The molecule has 0 saturated carbocycles. The highest BCUT2D eigenvalue weighted by Crippen LogP contribution is 2.36. The first-order chi connectivity index (χ1) is 11.5. The summed E-state index contributed by atoms with van der Waals surface area (Å²) >= 11 is 0. The summed E-state index contributed by atoms with van der Waals surface area (Å²) in [6, 6.07) is 9.09. The molecule has 0 aliphatic heterocycles. The molecule has 1 atom stereocenters. The third kappa shape index (κ3) is 7.40. The number of amides is 2. The normalized spacial score (nSPS) is 13.3. The third-order valence-corrected chi connectivity index (χ3v) is 9.38. The molecule has 1 aromatic rings. The Hall–Kier alpha value is -1.66. The average Bonchev–Trinajstić information content (AvgIpc) is 2.51. The Labute approximate surface area is 152 Å². The molecule has 1 aromatic carbocycles. The molecule has 6 heteroatoms. The van der Waals surface area contributed by atoms with Gasteiger partial charge in [-0.2, -0.15) is 0 Å². The fraction of sp³-hybridized carbons (Fsp3) is 0.579. The number of hydrogen-bond donors (Lipinski definition) is 2. The summed E-state index contributed by atoms with van der Waals surface area (Å²) in [6.07, 6.45) is 1.37. The van der Waals surface area contributed by atoms with Crippen LogP contribution in [0.5, 0.6) is 0 Å². The van der Waals surface area contributed by atoms with Gasteiger partial charge in [0.05, 0.1) is 0 Å². The van der Waals surface area contributed by atoms with Crippen LogP contribution in [0.2, 0.25) is 18.1 Å². The van der Waals surface area contributed by atoms with Crippen LogP contribution >= 0.6 is 0 Å². The minimum Gasteiger partial charge on any atom is -0.417 e. The molecule has 0 aliphatic carbocycles. The molecule has 140 valence electrons. The largest absolute Gasteiger partial charge is 0.417 e. The maximum absolute atomic E-state index is 12.1. The number of nitrogens with one attached hydrogen (secondary N) is 1. The molecule has 0 aromatic heterocycles. The van der Waals surface area contributed by atoms with Gasteiger partial charge in [0.2, 0.25) is 11.8 Å². The van der Waals surface area contributed by atoms with Crippen molar-refractivity contribution in [3.05, 3.63) is 35.9 Å². The molecule has 0 fully saturated rings. The first-order valence-corrected chi connectivity index (χ1v) is 11.7. The molecule has 0 saturated heterocycles. The lowest BCUT2D eigenvalue weighted by Crippen LogP contribution is -2.47. The molecule has 0 spiro atoms. The first-order valence-electron chi connectivity index (χ1n) is 8.79. The molecule has 25 heavy (non-hydrogen) atoms. The van der Waals surface area contributed by atoms with Gasteiger partial charge in [-0.1, -0.05) is 51.1 Å². The van der Waals surface area contributed by atoms with Gasteiger partial charge in [-0.3, -0.25) is 9.59 Å². The summed E-state index contributed by atoms with van der Waals surface area (Å²) in [5.74, 6) is -0.688. The Morgan fingerprint density at radius 1 is 1.20 bits per heavy atom. The summed E-state index contributed by atoms with van der Waals surface area (Å²) in [5.41, 5.74) is 6.52. The predicted octanol–water partition coefficient (Wildman–Crippen LogP) is 3.00. The van der Waals surface area contributed by atoms with Gasteiger partial charge in [-0.05, 0) is 36.5 Å². The van der Waals surface area contributed by atoms with E-state index in [0.717, 1.165) is 5.56 Å². The highest BCUT2D eigenvalue weighted by molar-refractivity contribution is 6.74. The quantitative estimate of drug-likeness (QED) is 0.661. The number of carbonyl (C=O) groups is 2. The fourth-order valence-electron chi connectivity index (χ4n) is 2.10. The number of primary amides is 1. The van der Waals surface area contributed by atoms with Crippen molar-refractivity contribution in [3.63, 3.8) is 0 Å². The summed E-state index contributed by atoms with van der Waals surface area (Å²) in [4.78, 5) is 23.7. The summed E-state index contributed by atoms with van der Waals surface area (Å²) in [5, 5.41) is 2.84. The van der Waals surface area contributed by atoms with Gasteiger partial charge >= 0.3 is 0 Å². The van der Waals surface area contributed by atoms with Crippen molar-refractivity contribution in [1.82, 2.24) is 5.32 Å². The van der Waals surface area contributed by atoms with Gasteiger partial charge in [0.1, 0.15) is 6.04 Å². The lowest BCUT2D eigenvalue weighted by Gasteiger charge is -2.36. The fourth-order valence-corrected chi connectivity index (χ4v) is 3.16. The maximum Gasteiger partial charge on any atom is 0.240 e. The van der Waals surface area contributed by atoms with Crippen LogP contribution in [0, 0.1) is 0 Å². The standard InChI is InChI=1S/C19H32N2O3Si/c1-19(2,3)25(4,5)24-14-13-16(18(20)23)21-17(22)12-11-15-9-7-6-8-10-15/h6-10,16H,11-14H2,1-5H3,(H2,20,23)(H,21,22)/t16-/m0/s1. The monoisotopic (exact) mass is 364 g/mol. The van der Waals surface area contributed by atoms with Crippen LogP contribution in [-0.2, 0) is 20.4 Å². The minimum absolute atomic E-state index is 0.105. The zero-order valence-corrected chi connectivity index (χ0v) is 17.1. The van der Waals surface area contributed by atoms with E-state index in [1.165, 1.54) is 0 Å². The predicted molar refractivity (Wildman–Crippen MR) is 104 cm³/mol. The molecule has 0 heterocycles. The Bertz CT molecular complexity index is 568. The highest BCUT2D eigenvalue weighted by atomic mass is 28.4. The molecule has 1 rings (SSSR count). The molecule has 5 nitrogen and oxygen atoms in total. The molecule has 0 radical (unpaired) electrons. The van der Waals surface area contributed by atoms with Crippen LogP contribution in [0.1, 0.15) is 39.2 Å². The van der Waals surface area contributed by atoms with E-state index in [1.807, 2.05) is 30.3 Å². The molecule has 0 unspecified atom stereocenters. The van der Waals surface area contributed by atoms with Crippen LogP contribution < -0.4 is 11.1 Å². The van der Waals surface area contributed by atoms with Crippen molar-refractivity contribution in [3.8, 4) is 0 Å². The van der Waals surface area contributed by atoms with E-state index in [2.05, 4.69) is 39.2 Å². The van der Waals surface area contributed by atoms with E-state index in [4.69, 9.17) is 10.2 Å². The summed E-state index contributed by atoms with van der Waals surface area (Å²) < 4.78 is 6.07. The number of benzene rings is 1. The first kappa shape index (κ1) is 21.4. The number of hydrogen-bond acceptors (Lipinski definition) is 3. The second kappa shape index (κ2) is 9.15. The topological polar surface area (TPSA) is 81.4 Å². The molecule has 0 bridgehead atoms. The van der Waals surface area contributed by atoms with Crippen molar-refractivity contribution in [1.29, 1.82) is 0 Å². The number of aryl methyl sites for hydroxylation is 1. The zero-order valence-electron chi connectivity index (χ0n) is 16.1. The number of nitrogens with two attached hydrogens (primary N) is 1. The lowest BCUT2D eigenvalue weighted by molar-refractivity contribution is -0.127. The second-order valence-electron chi connectivity index (χ2n) is 7.91. The lowest BCUT2D eigenvalue weighted by atomic mass is 10.1. The second-order valence-corrected chi connectivity index (χ2v) is 12.7. The van der Waals surface area contributed by atoms with E-state index in [9.17, 15) is 9.59 Å². The summed E-state index contributed by atoms with van der Waals surface area (Å²) in [7, 11) is -1.87. The van der Waals surface area contributed by atoms with Gasteiger partial charge in [0.15, 0.2) is 8.32 Å². The van der Waals surface area contributed by atoms with Crippen LogP contribution in [0.15, 0.2) is 30.3 Å². The maximum atomic E-state index is 12.1. The van der Waals surface area contributed by atoms with Crippen molar-refractivity contribution in [2.45, 2.75) is 64.2 Å². The Balaban J connectivity index is 2.46. The van der Waals surface area contributed by atoms with Crippen LogP contribution in [0.25, 0.3) is 0 Å². The molecular formula is C19H32N2O3Si. The van der Waals surface area contributed by atoms with Crippen molar-refractivity contribution < 1.29 is 14.0 Å². The number of rotatable bonds is 9. The molecule has 3 N–H and O–H groups in total. The van der Waals surface area contributed by atoms with Gasteiger partial charge < -0.3 is 15.5 Å². The van der Waals surface area contributed by atoms with E-state index < -0.39 is 20.3 Å². The zero-order chi connectivity index (χ0) is 19.1. The average molecular weight is 365 g/mol. The SMILES string of the molecule is CC(C)(C)[Si](C)(C)OCC[C@H](NC(=O)CCc1ccccc1)C(N)=O. The molecule has 2 amide bonds. The van der Waals surface area contributed by atoms with E-state index in [1.54, 1.807) is 0 Å². The van der Waals surface area contributed by atoms with Crippen LogP contribution in [0.3, 0.4) is 0 Å². The Morgan fingerprint density at radius 3 is 2.32 bits per heavy atom. The van der Waals surface area contributed by atoms with E-state index in [0.29, 0.717) is 25.9 Å². The van der Waals surface area contributed by atoms with E-state index >= 15 is 0 Å². The molecular weight excluding hydrogens is 332 g/mol. The molecule has 0 aliphatic rings. The minimum atomic E-state index is -1.87. The van der Waals surface area contributed by atoms with Crippen LogP contribution in [-0.4, -0.2) is 32.8 Å². The van der Waals surface area contributed by atoms with E-state index in [-0.39, 0.29) is 10.9 Å². The highest BCUT2D eigenvalue weighted by Gasteiger charge is 2.37. The van der Waals surface area contributed by atoms with Gasteiger partial charge in [0.25, 0.3) is 0 Å². The van der Waals surface area contributed by atoms with Crippen molar-refractivity contribution in [2.75, 3.05) is 6.61 Å². The van der Waals surface area contributed by atoms with Crippen molar-refractivity contribution >= 4 is 20.1 Å². The number of carbonyl (C=O) groups excluding carboxylic acids is 2. The third-order valence-electron chi connectivity index (χ3n) is 4.84. The Kier molecular flexibility index (Phi) is 7.83.